The quantitative estimate of drug-likeness (QED) is 0.0320. The number of nitrogens with one attached hydrogen (secondary N) is 1. The van der Waals surface area contributed by atoms with E-state index >= 15 is 0 Å². The number of esters is 1. The van der Waals surface area contributed by atoms with E-state index < -0.39 is 12.1 Å². The van der Waals surface area contributed by atoms with Crippen molar-refractivity contribution in [3.8, 4) is 0 Å². The SMILES string of the molecule is CCCCCCCCCCCCCCCCCCCC(O)C(CO)NC(=O)CCCCCCCCCCCCCCCCCCC/C=C\C/C=C\CCCCCCCCCCCCCOC(=O)CCCCCCCCCCCCCCC. The van der Waals surface area contributed by atoms with Crippen LogP contribution in [0.3, 0.4) is 0 Å². The zero-order valence-electron chi connectivity index (χ0n) is 55.8. The molecule has 0 saturated carbocycles. The molecule has 82 heavy (non-hydrogen) atoms. The Balaban J connectivity index is 3.36. The highest BCUT2D eigenvalue weighted by atomic mass is 16.5. The maximum absolute atomic E-state index is 12.5. The second kappa shape index (κ2) is 71.8. The van der Waals surface area contributed by atoms with Crippen molar-refractivity contribution in [2.24, 2.45) is 0 Å². The minimum atomic E-state index is -0.663. The van der Waals surface area contributed by atoms with Crippen LogP contribution in [-0.4, -0.2) is 47.4 Å². The van der Waals surface area contributed by atoms with Crippen molar-refractivity contribution < 1.29 is 24.5 Å². The third-order valence-electron chi connectivity index (χ3n) is 17.8. The van der Waals surface area contributed by atoms with Gasteiger partial charge in [0.05, 0.1) is 25.4 Å². The van der Waals surface area contributed by atoms with Gasteiger partial charge in [0.2, 0.25) is 5.91 Å². The van der Waals surface area contributed by atoms with Crippen LogP contribution >= 0.6 is 0 Å². The summed E-state index contributed by atoms with van der Waals surface area (Å²) in [6.45, 7) is 5.00. The number of ether oxygens (including phenoxy) is 1. The van der Waals surface area contributed by atoms with E-state index in [1.165, 1.54) is 347 Å². The van der Waals surface area contributed by atoms with Gasteiger partial charge in [0.25, 0.3) is 0 Å². The molecule has 0 aromatic carbocycles. The van der Waals surface area contributed by atoms with Gasteiger partial charge < -0.3 is 20.3 Å². The molecule has 2 unspecified atom stereocenters. The minimum absolute atomic E-state index is 0.0191. The van der Waals surface area contributed by atoms with Gasteiger partial charge in [0.1, 0.15) is 0 Å². The number of carbonyl (C=O) groups is 2. The third-order valence-corrected chi connectivity index (χ3v) is 17.8. The largest absolute Gasteiger partial charge is 0.466 e. The number of allylic oxidation sites excluding steroid dienone is 4. The molecule has 0 spiro atoms. The molecule has 0 aromatic heterocycles. The molecule has 3 N–H and O–H groups in total. The lowest BCUT2D eigenvalue weighted by atomic mass is 10.0. The summed E-state index contributed by atoms with van der Waals surface area (Å²) in [6, 6.07) is -0.540. The third kappa shape index (κ3) is 67.5. The van der Waals surface area contributed by atoms with E-state index in [4.69, 9.17) is 4.74 Å². The Labute approximate surface area is 513 Å². The van der Waals surface area contributed by atoms with E-state index in [0.717, 1.165) is 44.9 Å². The van der Waals surface area contributed by atoms with Crippen molar-refractivity contribution in [2.75, 3.05) is 13.2 Å². The van der Waals surface area contributed by atoms with Crippen molar-refractivity contribution >= 4 is 11.9 Å². The van der Waals surface area contributed by atoms with Crippen molar-refractivity contribution in [3.63, 3.8) is 0 Å². The molecule has 0 aliphatic rings. The van der Waals surface area contributed by atoms with Crippen LogP contribution in [0.2, 0.25) is 0 Å². The van der Waals surface area contributed by atoms with Crippen molar-refractivity contribution in [1.82, 2.24) is 5.32 Å². The minimum Gasteiger partial charge on any atom is -0.466 e. The fourth-order valence-electron chi connectivity index (χ4n) is 12.0. The highest BCUT2D eigenvalue weighted by Crippen LogP contribution is 2.19. The van der Waals surface area contributed by atoms with Crippen LogP contribution in [-0.2, 0) is 14.3 Å². The fraction of sp³-hybridized carbons (Fsp3) is 0.921. The van der Waals surface area contributed by atoms with Gasteiger partial charge in [-0.2, -0.15) is 0 Å². The predicted molar refractivity (Wildman–Crippen MR) is 361 cm³/mol. The van der Waals surface area contributed by atoms with Crippen LogP contribution in [0.1, 0.15) is 425 Å². The Morgan fingerprint density at radius 2 is 0.610 bits per heavy atom. The normalized spacial score (nSPS) is 12.6. The lowest BCUT2D eigenvalue weighted by Gasteiger charge is -2.22. The number of unbranched alkanes of at least 4 members (excludes halogenated alkanes) is 56. The number of rotatable bonds is 71. The molecule has 486 valence electrons. The summed E-state index contributed by atoms with van der Waals surface area (Å²) in [7, 11) is 0. The van der Waals surface area contributed by atoms with Crippen LogP contribution in [0.5, 0.6) is 0 Å². The summed E-state index contributed by atoms with van der Waals surface area (Å²) < 4.78 is 5.49. The molecular formula is C76H147NO5. The fourth-order valence-corrected chi connectivity index (χ4v) is 12.0. The highest BCUT2D eigenvalue weighted by molar-refractivity contribution is 5.76. The number of hydrogen-bond donors (Lipinski definition) is 3. The summed E-state index contributed by atoms with van der Waals surface area (Å²) in [6.07, 6.45) is 91.1. The second-order valence-corrected chi connectivity index (χ2v) is 26.0. The summed E-state index contributed by atoms with van der Waals surface area (Å²) in [4.78, 5) is 24.6. The highest BCUT2D eigenvalue weighted by Gasteiger charge is 2.20. The van der Waals surface area contributed by atoms with E-state index in [1.807, 2.05) is 0 Å². The number of aliphatic hydroxyl groups excluding tert-OH is 2. The lowest BCUT2D eigenvalue weighted by Crippen LogP contribution is -2.45. The monoisotopic (exact) mass is 1150 g/mol. The second-order valence-electron chi connectivity index (χ2n) is 26.0. The van der Waals surface area contributed by atoms with Crippen LogP contribution in [0.25, 0.3) is 0 Å². The van der Waals surface area contributed by atoms with E-state index in [1.54, 1.807) is 0 Å². The molecule has 0 aliphatic carbocycles. The van der Waals surface area contributed by atoms with Gasteiger partial charge >= 0.3 is 5.97 Å². The maximum atomic E-state index is 12.5. The maximum Gasteiger partial charge on any atom is 0.305 e. The average molecular weight is 1160 g/mol. The van der Waals surface area contributed by atoms with Crippen LogP contribution < -0.4 is 5.32 Å². The lowest BCUT2D eigenvalue weighted by molar-refractivity contribution is -0.143. The standard InChI is InChI=1S/C76H147NO5/c1-3-5-7-9-11-13-15-17-18-38-41-45-48-52-56-60-64-68-74(79)73(72-78)77-75(80)69-65-61-57-53-49-46-42-39-36-34-32-30-28-26-24-22-20-19-21-23-25-27-29-31-33-35-37-40-43-47-51-55-59-63-67-71-82-76(81)70-66-62-58-54-50-44-16-14-12-10-8-6-4-2/h21,23,27,29,73-74,78-79H,3-20,22,24-26,28,30-72H2,1-2H3,(H,77,80)/b23-21-,29-27-. The summed E-state index contributed by atoms with van der Waals surface area (Å²) in [5, 5.41) is 23.4. The molecule has 0 rings (SSSR count). The zero-order valence-corrected chi connectivity index (χ0v) is 55.8. The predicted octanol–water partition coefficient (Wildman–Crippen LogP) is 24.5. The number of carbonyl (C=O) groups excluding carboxylic acids is 2. The molecule has 0 fully saturated rings. The molecule has 2 atom stereocenters. The smallest absolute Gasteiger partial charge is 0.305 e. The first-order chi connectivity index (χ1) is 40.5. The molecule has 1 amide bonds. The van der Waals surface area contributed by atoms with Gasteiger partial charge in [-0.05, 0) is 57.8 Å². The Kier molecular flexibility index (Phi) is 70.4. The molecular weight excluding hydrogens is 1010 g/mol. The van der Waals surface area contributed by atoms with Gasteiger partial charge in [0, 0.05) is 12.8 Å². The van der Waals surface area contributed by atoms with E-state index in [2.05, 4.69) is 43.5 Å². The summed E-state index contributed by atoms with van der Waals surface area (Å²) in [5.41, 5.74) is 0. The zero-order chi connectivity index (χ0) is 59.2. The van der Waals surface area contributed by atoms with Crippen molar-refractivity contribution in [1.29, 1.82) is 0 Å². The van der Waals surface area contributed by atoms with E-state index in [9.17, 15) is 19.8 Å². The first-order valence-electron chi connectivity index (χ1n) is 37.6. The van der Waals surface area contributed by atoms with Crippen LogP contribution in [0.4, 0.5) is 0 Å². The molecule has 0 saturated heterocycles. The first-order valence-corrected chi connectivity index (χ1v) is 37.6. The number of aliphatic hydroxyl groups is 2. The van der Waals surface area contributed by atoms with Gasteiger partial charge in [0.15, 0.2) is 0 Å². The van der Waals surface area contributed by atoms with Gasteiger partial charge in [-0.15, -0.1) is 0 Å². The molecule has 0 radical (unpaired) electrons. The summed E-state index contributed by atoms with van der Waals surface area (Å²) in [5.74, 6) is -0.00956. The Morgan fingerprint density at radius 3 is 0.927 bits per heavy atom. The van der Waals surface area contributed by atoms with Crippen LogP contribution in [0, 0.1) is 0 Å². The molecule has 6 heteroatoms. The van der Waals surface area contributed by atoms with Crippen molar-refractivity contribution in [3.05, 3.63) is 24.3 Å². The summed E-state index contributed by atoms with van der Waals surface area (Å²) >= 11 is 0. The molecule has 0 bridgehead atoms. The number of amides is 1. The van der Waals surface area contributed by atoms with Crippen molar-refractivity contribution in [2.45, 2.75) is 437 Å². The Bertz CT molecular complexity index is 1280. The Morgan fingerprint density at radius 1 is 0.341 bits per heavy atom. The van der Waals surface area contributed by atoms with Gasteiger partial charge in [-0.3, -0.25) is 9.59 Å². The first kappa shape index (κ1) is 80.3. The molecule has 0 aliphatic heterocycles. The molecule has 6 nitrogen and oxygen atoms in total. The average Bonchev–Trinajstić information content (AvgIpc) is 3.48. The molecule has 0 heterocycles. The van der Waals surface area contributed by atoms with Gasteiger partial charge in [-0.25, -0.2) is 0 Å². The van der Waals surface area contributed by atoms with E-state index in [0.29, 0.717) is 25.9 Å². The molecule has 0 aromatic rings. The Hall–Kier alpha value is -1.66. The van der Waals surface area contributed by atoms with Crippen LogP contribution in [0.15, 0.2) is 24.3 Å². The van der Waals surface area contributed by atoms with E-state index in [-0.39, 0.29) is 18.5 Å². The topological polar surface area (TPSA) is 95.9 Å². The number of hydrogen-bond acceptors (Lipinski definition) is 5. The van der Waals surface area contributed by atoms with Gasteiger partial charge in [-0.1, -0.05) is 378 Å².